The maximum Gasteiger partial charge on any atom is 0.255 e. The molecule has 3 aromatic rings. The van der Waals surface area contributed by atoms with E-state index >= 15 is 0 Å². The lowest BCUT2D eigenvalue weighted by molar-refractivity contribution is -0.116. The van der Waals surface area contributed by atoms with Gasteiger partial charge in [-0.05, 0) is 38.3 Å². The van der Waals surface area contributed by atoms with Gasteiger partial charge in [0.25, 0.3) is 5.56 Å². The lowest BCUT2D eigenvalue weighted by atomic mass is 10.1. The van der Waals surface area contributed by atoms with Crippen molar-refractivity contribution in [2.45, 2.75) is 52.0 Å². The molecule has 10 nitrogen and oxygen atoms in total. The summed E-state index contributed by atoms with van der Waals surface area (Å²) in [5.74, 6) is 2.28. The molecule has 10 heteroatoms. The fourth-order valence-corrected chi connectivity index (χ4v) is 4.71. The Bertz CT molecular complexity index is 1260. The van der Waals surface area contributed by atoms with E-state index in [2.05, 4.69) is 30.0 Å². The van der Waals surface area contributed by atoms with Crippen LogP contribution in [0.2, 0.25) is 0 Å². The van der Waals surface area contributed by atoms with Crippen LogP contribution in [-0.4, -0.2) is 56.9 Å². The molecule has 2 aliphatic rings. The Morgan fingerprint density at radius 2 is 2.00 bits per heavy atom. The van der Waals surface area contributed by atoms with Crippen molar-refractivity contribution in [3.05, 3.63) is 51.7 Å². The molecule has 0 spiro atoms. The molecule has 0 unspecified atom stereocenters. The van der Waals surface area contributed by atoms with Gasteiger partial charge in [-0.3, -0.25) is 14.6 Å². The first-order valence-corrected chi connectivity index (χ1v) is 12.3. The third kappa shape index (κ3) is 5.27. The number of hydrogen-bond acceptors (Lipinski definition) is 7. The van der Waals surface area contributed by atoms with Crippen LogP contribution in [-0.2, 0) is 28.9 Å². The number of aromatic amines is 1. The number of hydrogen-bond donors (Lipinski definition) is 2. The first-order valence-electron chi connectivity index (χ1n) is 12.3. The molecular formula is C25H31N7O3. The van der Waals surface area contributed by atoms with Crippen LogP contribution in [0.4, 0.5) is 11.6 Å². The van der Waals surface area contributed by atoms with Crippen LogP contribution in [0.15, 0.2) is 29.1 Å². The van der Waals surface area contributed by atoms with Crippen LogP contribution in [0.1, 0.15) is 42.8 Å². The number of amides is 1. The summed E-state index contributed by atoms with van der Waals surface area (Å²) < 4.78 is 7.55. The zero-order chi connectivity index (χ0) is 24.2. The Labute approximate surface area is 203 Å². The van der Waals surface area contributed by atoms with E-state index in [4.69, 9.17) is 4.74 Å². The summed E-state index contributed by atoms with van der Waals surface area (Å²) in [4.78, 5) is 34.8. The number of aromatic nitrogens is 5. The van der Waals surface area contributed by atoms with Gasteiger partial charge in [-0.2, -0.15) is 0 Å². The fraction of sp³-hybridized carbons (Fsp3) is 0.480. The monoisotopic (exact) mass is 477 g/mol. The molecule has 184 valence electrons. The zero-order valence-corrected chi connectivity index (χ0v) is 20.0. The van der Waals surface area contributed by atoms with Crippen LogP contribution in [0.3, 0.4) is 0 Å². The van der Waals surface area contributed by atoms with Crippen LogP contribution >= 0.6 is 0 Å². The third-order valence-electron chi connectivity index (χ3n) is 6.64. The van der Waals surface area contributed by atoms with Gasteiger partial charge < -0.3 is 19.5 Å². The number of carbonyl (C=O) groups is 1. The van der Waals surface area contributed by atoms with Gasteiger partial charge in [0.2, 0.25) is 11.9 Å². The predicted molar refractivity (Wildman–Crippen MR) is 133 cm³/mol. The summed E-state index contributed by atoms with van der Waals surface area (Å²) in [5.41, 5.74) is 2.62. The number of ether oxygens (including phenoxy) is 1. The van der Waals surface area contributed by atoms with E-state index in [1.54, 1.807) is 0 Å². The number of morpholine rings is 1. The zero-order valence-electron chi connectivity index (χ0n) is 20.0. The molecule has 2 aromatic heterocycles. The van der Waals surface area contributed by atoms with Crippen molar-refractivity contribution in [2.75, 3.05) is 36.5 Å². The Kier molecular flexibility index (Phi) is 6.89. The molecule has 1 saturated heterocycles. The minimum absolute atomic E-state index is 0.154. The summed E-state index contributed by atoms with van der Waals surface area (Å²) in [6, 6.07) is 7.68. The molecule has 4 heterocycles. The van der Waals surface area contributed by atoms with Gasteiger partial charge in [0.1, 0.15) is 5.82 Å². The fourth-order valence-electron chi connectivity index (χ4n) is 4.71. The number of rotatable bonds is 6. The molecule has 0 saturated carbocycles. The quantitative estimate of drug-likeness (QED) is 0.560. The second-order valence-electron chi connectivity index (χ2n) is 9.08. The summed E-state index contributed by atoms with van der Waals surface area (Å²) in [6.07, 6.45) is 4.92. The smallest absolute Gasteiger partial charge is 0.255 e. The average Bonchev–Trinajstić information content (AvgIpc) is 3.12. The molecule has 0 aliphatic carbocycles. The summed E-state index contributed by atoms with van der Waals surface area (Å²) in [5, 5.41) is 11.7. The minimum Gasteiger partial charge on any atom is -0.378 e. The molecule has 1 amide bonds. The van der Waals surface area contributed by atoms with E-state index in [9.17, 15) is 9.59 Å². The Morgan fingerprint density at radius 3 is 2.83 bits per heavy atom. The van der Waals surface area contributed by atoms with Crippen molar-refractivity contribution in [3.8, 4) is 11.4 Å². The molecule has 2 N–H and O–H groups in total. The highest BCUT2D eigenvalue weighted by Crippen LogP contribution is 2.25. The molecule has 1 aromatic carbocycles. The number of aryl methyl sites for hydroxylation is 2. The van der Waals surface area contributed by atoms with Crippen molar-refractivity contribution in [2.24, 2.45) is 0 Å². The van der Waals surface area contributed by atoms with E-state index in [0.717, 1.165) is 43.0 Å². The van der Waals surface area contributed by atoms with E-state index in [-0.39, 0.29) is 17.9 Å². The summed E-state index contributed by atoms with van der Waals surface area (Å²) >= 11 is 0. The van der Waals surface area contributed by atoms with Crippen LogP contribution in [0, 0.1) is 6.92 Å². The van der Waals surface area contributed by atoms with Gasteiger partial charge in [-0.15, -0.1) is 10.2 Å². The maximum atomic E-state index is 12.7. The van der Waals surface area contributed by atoms with Crippen molar-refractivity contribution in [1.82, 2.24) is 24.7 Å². The Balaban J connectivity index is 1.24. The van der Waals surface area contributed by atoms with E-state index in [1.807, 2.05) is 36.1 Å². The molecule has 0 bridgehead atoms. The normalized spacial score (nSPS) is 16.0. The lowest BCUT2D eigenvalue weighted by Crippen LogP contribution is -2.38. The van der Waals surface area contributed by atoms with E-state index in [0.29, 0.717) is 55.6 Å². The van der Waals surface area contributed by atoms with Crippen LogP contribution < -0.4 is 15.8 Å². The number of nitrogens with one attached hydrogen (secondary N) is 2. The maximum absolute atomic E-state index is 12.7. The number of nitrogens with zero attached hydrogens (tertiary/aromatic N) is 5. The Morgan fingerprint density at radius 1 is 1.14 bits per heavy atom. The summed E-state index contributed by atoms with van der Waals surface area (Å²) in [7, 11) is 0. The SMILES string of the molecule is Cc1nc(N2CCOCC2)[nH]c(=O)c1CCC(=O)Nc1cccc(-c2nnc3n2CCCCC3)c1. The van der Waals surface area contributed by atoms with Gasteiger partial charge in [0, 0.05) is 55.0 Å². The van der Waals surface area contributed by atoms with Crippen LogP contribution in [0.5, 0.6) is 0 Å². The van der Waals surface area contributed by atoms with Gasteiger partial charge >= 0.3 is 0 Å². The molecule has 0 atom stereocenters. The Hall–Kier alpha value is -3.53. The second kappa shape index (κ2) is 10.4. The van der Waals surface area contributed by atoms with Crippen LogP contribution in [0.25, 0.3) is 11.4 Å². The van der Waals surface area contributed by atoms with Gasteiger partial charge in [0.05, 0.1) is 13.2 Å². The molecular weight excluding hydrogens is 446 g/mol. The predicted octanol–water partition coefficient (Wildman–Crippen LogP) is 2.47. The molecule has 35 heavy (non-hydrogen) atoms. The van der Waals surface area contributed by atoms with Crippen molar-refractivity contribution in [3.63, 3.8) is 0 Å². The van der Waals surface area contributed by atoms with E-state index < -0.39 is 0 Å². The molecule has 0 radical (unpaired) electrons. The third-order valence-corrected chi connectivity index (χ3v) is 6.64. The number of benzene rings is 1. The topological polar surface area (TPSA) is 118 Å². The lowest BCUT2D eigenvalue weighted by Gasteiger charge is -2.27. The summed E-state index contributed by atoms with van der Waals surface area (Å²) in [6.45, 7) is 5.36. The minimum atomic E-state index is -0.193. The number of fused-ring (bicyclic) bond motifs is 1. The van der Waals surface area contributed by atoms with E-state index in [1.165, 1.54) is 6.42 Å². The highest BCUT2D eigenvalue weighted by Gasteiger charge is 2.18. The molecule has 2 aliphatic heterocycles. The highest BCUT2D eigenvalue weighted by atomic mass is 16.5. The number of H-pyrrole nitrogens is 1. The highest BCUT2D eigenvalue weighted by molar-refractivity contribution is 5.91. The first-order chi connectivity index (χ1) is 17.1. The van der Waals surface area contributed by atoms with Crippen molar-refractivity contribution >= 4 is 17.5 Å². The van der Waals surface area contributed by atoms with Gasteiger partial charge in [0.15, 0.2) is 5.82 Å². The first kappa shape index (κ1) is 23.2. The van der Waals surface area contributed by atoms with Gasteiger partial charge in [-0.1, -0.05) is 18.6 Å². The molecule has 5 rings (SSSR count). The van der Waals surface area contributed by atoms with Crippen molar-refractivity contribution < 1.29 is 9.53 Å². The number of anilines is 2. The van der Waals surface area contributed by atoms with Gasteiger partial charge in [-0.25, -0.2) is 4.98 Å². The average molecular weight is 478 g/mol. The molecule has 1 fully saturated rings. The standard InChI is InChI=1S/C25H31N7O3/c1-17-20(24(34)28-25(26-17)31-12-14-35-15-13-31)9-10-22(33)27-19-7-5-6-18(16-19)23-30-29-21-8-3-2-4-11-32(21)23/h5-7,16H,2-4,8-15H2,1H3,(H,27,33)(H,26,28,34). The number of carbonyl (C=O) groups excluding carboxylic acids is 1. The second-order valence-corrected chi connectivity index (χ2v) is 9.08. The largest absolute Gasteiger partial charge is 0.378 e. The van der Waals surface area contributed by atoms with Crippen molar-refractivity contribution in [1.29, 1.82) is 0 Å².